The van der Waals surface area contributed by atoms with Crippen molar-refractivity contribution in [1.29, 1.82) is 0 Å². The van der Waals surface area contributed by atoms with Crippen LogP contribution in [0.2, 0.25) is 0 Å². The quantitative estimate of drug-likeness (QED) is 0.809. The van der Waals surface area contributed by atoms with Gasteiger partial charge in [0.2, 0.25) is 11.8 Å². The van der Waals surface area contributed by atoms with E-state index >= 15 is 0 Å². The SMILES string of the molecule is Oc1c2c(c(O)n1-c1ccccc1)C1CCC2O1. The van der Waals surface area contributed by atoms with Crippen molar-refractivity contribution < 1.29 is 14.9 Å². The van der Waals surface area contributed by atoms with Gasteiger partial charge in [-0.1, -0.05) is 18.2 Å². The molecule has 0 amide bonds. The lowest BCUT2D eigenvalue weighted by molar-refractivity contribution is 0.0683. The van der Waals surface area contributed by atoms with Gasteiger partial charge in [-0.3, -0.25) is 4.57 Å². The molecule has 2 N–H and O–H groups in total. The molecule has 1 saturated heterocycles. The Hall–Kier alpha value is -1.94. The predicted molar refractivity (Wildman–Crippen MR) is 64.9 cm³/mol. The van der Waals surface area contributed by atoms with Crippen LogP contribution in [0, 0.1) is 0 Å². The molecule has 2 aromatic rings. The number of ether oxygens (including phenoxy) is 1. The van der Waals surface area contributed by atoms with Crippen molar-refractivity contribution in [2.45, 2.75) is 25.0 Å². The number of benzene rings is 1. The van der Waals surface area contributed by atoms with E-state index in [1.54, 1.807) is 0 Å². The molecule has 1 aromatic carbocycles. The largest absolute Gasteiger partial charge is 0.494 e. The maximum atomic E-state index is 10.3. The van der Waals surface area contributed by atoms with Crippen LogP contribution in [-0.4, -0.2) is 14.8 Å². The van der Waals surface area contributed by atoms with Crippen LogP contribution in [-0.2, 0) is 4.74 Å². The highest BCUT2D eigenvalue weighted by Gasteiger charge is 2.45. The smallest absolute Gasteiger partial charge is 0.205 e. The van der Waals surface area contributed by atoms with E-state index in [2.05, 4.69) is 0 Å². The first-order valence-corrected chi connectivity index (χ1v) is 6.14. The lowest BCUT2D eigenvalue weighted by atomic mass is 9.95. The minimum absolute atomic E-state index is 0.0548. The molecule has 2 unspecified atom stereocenters. The van der Waals surface area contributed by atoms with Crippen molar-refractivity contribution in [2.75, 3.05) is 0 Å². The molecule has 0 saturated carbocycles. The first kappa shape index (κ1) is 10.0. The van der Waals surface area contributed by atoms with Gasteiger partial charge in [-0.25, -0.2) is 0 Å². The molecule has 2 atom stereocenters. The molecule has 4 heteroatoms. The summed E-state index contributed by atoms with van der Waals surface area (Å²) in [5, 5.41) is 20.7. The summed E-state index contributed by atoms with van der Waals surface area (Å²) in [6.45, 7) is 0. The highest BCUT2D eigenvalue weighted by atomic mass is 16.5. The first-order chi connectivity index (χ1) is 8.77. The molecule has 2 aliphatic rings. The Kier molecular flexibility index (Phi) is 1.84. The number of hydrogen-bond donors (Lipinski definition) is 2. The first-order valence-electron chi connectivity index (χ1n) is 6.14. The molecule has 4 rings (SSSR count). The van der Waals surface area contributed by atoms with Gasteiger partial charge in [0, 0.05) is 0 Å². The van der Waals surface area contributed by atoms with Crippen molar-refractivity contribution in [3.63, 3.8) is 0 Å². The van der Waals surface area contributed by atoms with Crippen LogP contribution >= 0.6 is 0 Å². The van der Waals surface area contributed by atoms with Crippen LogP contribution in [0.4, 0.5) is 0 Å². The van der Waals surface area contributed by atoms with E-state index in [-0.39, 0.29) is 24.0 Å². The van der Waals surface area contributed by atoms with Gasteiger partial charge >= 0.3 is 0 Å². The summed E-state index contributed by atoms with van der Waals surface area (Å²) >= 11 is 0. The van der Waals surface area contributed by atoms with Crippen LogP contribution in [0.25, 0.3) is 5.69 Å². The summed E-state index contributed by atoms with van der Waals surface area (Å²) in [4.78, 5) is 0. The average molecular weight is 243 g/mol. The maximum Gasteiger partial charge on any atom is 0.205 e. The molecule has 1 aromatic heterocycles. The summed E-state index contributed by atoms with van der Waals surface area (Å²) in [5.41, 5.74) is 2.31. The lowest BCUT2D eigenvalue weighted by Crippen LogP contribution is -1.95. The van der Waals surface area contributed by atoms with Crippen LogP contribution < -0.4 is 0 Å². The van der Waals surface area contributed by atoms with Gasteiger partial charge in [0.25, 0.3) is 0 Å². The molecule has 0 spiro atoms. The molecule has 3 heterocycles. The van der Waals surface area contributed by atoms with E-state index in [0.717, 1.165) is 29.7 Å². The normalized spacial score (nSPS) is 24.4. The predicted octanol–water partition coefficient (Wildman–Crippen LogP) is 2.79. The molecule has 0 radical (unpaired) electrons. The molecule has 4 nitrogen and oxygen atoms in total. The third-order valence-corrected chi connectivity index (χ3v) is 3.87. The van der Waals surface area contributed by atoms with E-state index in [1.807, 2.05) is 30.3 Å². The zero-order valence-corrected chi connectivity index (χ0v) is 9.71. The second kappa shape index (κ2) is 3.29. The Morgan fingerprint density at radius 2 is 1.50 bits per heavy atom. The summed E-state index contributed by atoms with van der Waals surface area (Å²) in [6, 6.07) is 9.38. The number of aromatic hydroxyl groups is 2. The van der Waals surface area contributed by atoms with Gasteiger partial charge in [-0.05, 0) is 25.0 Å². The fourth-order valence-corrected chi connectivity index (χ4v) is 3.10. The molecule has 2 aliphatic heterocycles. The van der Waals surface area contributed by atoms with Crippen molar-refractivity contribution >= 4 is 0 Å². The Bertz CT molecular complexity index is 584. The topological polar surface area (TPSA) is 54.6 Å². The van der Waals surface area contributed by atoms with Crippen molar-refractivity contribution in [3.05, 3.63) is 41.5 Å². The Balaban J connectivity index is 1.97. The van der Waals surface area contributed by atoms with Crippen molar-refractivity contribution in [3.8, 4) is 17.4 Å². The second-order valence-corrected chi connectivity index (χ2v) is 4.84. The maximum absolute atomic E-state index is 10.3. The number of rotatable bonds is 1. The zero-order valence-electron chi connectivity index (χ0n) is 9.71. The molecule has 0 aliphatic carbocycles. The van der Waals surface area contributed by atoms with E-state index in [9.17, 15) is 10.2 Å². The molecular formula is C14H13NO3. The minimum Gasteiger partial charge on any atom is -0.494 e. The van der Waals surface area contributed by atoms with Gasteiger partial charge in [-0.2, -0.15) is 0 Å². The molecular weight excluding hydrogens is 230 g/mol. The zero-order chi connectivity index (χ0) is 12.3. The second-order valence-electron chi connectivity index (χ2n) is 4.84. The van der Waals surface area contributed by atoms with E-state index in [4.69, 9.17) is 4.74 Å². The molecule has 2 bridgehead atoms. The van der Waals surface area contributed by atoms with E-state index in [0.29, 0.717) is 0 Å². The number of aromatic nitrogens is 1. The van der Waals surface area contributed by atoms with Crippen LogP contribution in [0.5, 0.6) is 11.8 Å². The van der Waals surface area contributed by atoms with E-state index < -0.39 is 0 Å². The fourth-order valence-electron chi connectivity index (χ4n) is 3.10. The third-order valence-electron chi connectivity index (χ3n) is 3.87. The molecule has 1 fully saturated rings. The van der Waals surface area contributed by atoms with Gasteiger partial charge in [0.05, 0.1) is 29.0 Å². The summed E-state index contributed by atoms with van der Waals surface area (Å²) in [5.74, 6) is 0.224. The van der Waals surface area contributed by atoms with Gasteiger partial charge in [0.1, 0.15) is 0 Å². The third kappa shape index (κ3) is 1.08. The molecule has 92 valence electrons. The lowest BCUT2D eigenvalue weighted by Gasteiger charge is -2.09. The highest BCUT2D eigenvalue weighted by Crippen LogP contribution is 2.58. The monoisotopic (exact) mass is 243 g/mol. The summed E-state index contributed by atoms with van der Waals surface area (Å²) in [7, 11) is 0. The Morgan fingerprint density at radius 3 is 2.06 bits per heavy atom. The van der Waals surface area contributed by atoms with Crippen LogP contribution in [0.3, 0.4) is 0 Å². The van der Waals surface area contributed by atoms with Crippen molar-refractivity contribution in [2.24, 2.45) is 0 Å². The average Bonchev–Trinajstić information content (AvgIpc) is 3.05. The van der Waals surface area contributed by atoms with Gasteiger partial charge in [-0.15, -0.1) is 0 Å². The number of fused-ring (bicyclic) bond motifs is 5. The Morgan fingerprint density at radius 1 is 0.944 bits per heavy atom. The number of para-hydroxylation sites is 1. The van der Waals surface area contributed by atoms with E-state index in [1.165, 1.54) is 4.57 Å². The summed E-state index contributed by atoms with van der Waals surface area (Å²) < 4.78 is 7.20. The minimum atomic E-state index is -0.0548. The Labute approximate surface area is 104 Å². The molecule has 18 heavy (non-hydrogen) atoms. The highest BCUT2D eigenvalue weighted by molar-refractivity contribution is 5.57. The number of nitrogens with zero attached hydrogens (tertiary/aromatic N) is 1. The van der Waals surface area contributed by atoms with Crippen LogP contribution in [0.15, 0.2) is 30.3 Å². The van der Waals surface area contributed by atoms with Crippen molar-refractivity contribution in [1.82, 2.24) is 4.57 Å². The fraction of sp³-hybridized carbons (Fsp3) is 0.286. The summed E-state index contributed by atoms with van der Waals surface area (Å²) in [6.07, 6.45) is 1.73. The standard InChI is InChI=1S/C14H13NO3/c16-13-11-9-6-7-10(18-9)12(11)14(17)15(13)8-4-2-1-3-5-8/h1-5,9-10,16-17H,6-7H2. The number of hydrogen-bond acceptors (Lipinski definition) is 3. The van der Waals surface area contributed by atoms with Gasteiger partial charge < -0.3 is 14.9 Å². The van der Waals surface area contributed by atoms with Crippen LogP contribution in [0.1, 0.15) is 36.2 Å². The van der Waals surface area contributed by atoms with Gasteiger partial charge in [0.15, 0.2) is 0 Å².